The van der Waals surface area contributed by atoms with Crippen molar-refractivity contribution in [3.63, 3.8) is 0 Å². The molecule has 0 saturated carbocycles. The molecule has 0 aliphatic carbocycles. The maximum absolute atomic E-state index is 13.9. The fourth-order valence-electron chi connectivity index (χ4n) is 3.45. The lowest BCUT2D eigenvalue weighted by molar-refractivity contribution is 0.0698. The zero-order chi connectivity index (χ0) is 20.6. The number of hydrogen-bond donors (Lipinski definition) is 0. The summed E-state index contributed by atoms with van der Waals surface area (Å²) < 4.78 is 42.3. The van der Waals surface area contributed by atoms with E-state index in [0.29, 0.717) is 17.6 Å². The molecule has 8 nitrogen and oxygen atoms in total. The zero-order valence-electron chi connectivity index (χ0n) is 15.8. The van der Waals surface area contributed by atoms with E-state index < -0.39 is 15.8 Å². The Morgan fingerprint density at radius 1 is 1.10 bits per heavy atom. The first kappa shape index (κ1) is 19.5. The van der Waals surface area contributed by atoms with E-state index in [0.717, 1.165) is 11.6 Å². The molecule has 1 saturated heterocycles. The zero-order valence-corrected chi connectivity index (χ0v) is 16.6. The average molecular weight is 417 g/mol. The van der Waals surface area contributed by atoms with Crippen LogP contribution in [0.4, 0.5) is 4.39 Å². The maximum Gasteiger partial charge on any atom is 0.254 e. The van der Waals surface area contributed by atoms with E-state index in [1.807, 2.05) is 13.0 Å². The Balaban J connectivity index is 1.48. The number of carbonyl (C=O) groups is 1. The Labute approximate surface area is 167 Å². The number of hydrogen-bond acceptors (Lipinski definition) is 5. The van der Waals surface area contributed by atoms with Crippen LogP contribution in [0.2, 0.25) is 0 Å². The van der Waals surface area contributed by atoms with Gasteiger partial charge in [0.1, 0.15) is 16.2 Å². The number of aromatic nitrogens is 3. The molecule has 2 heterocycles. The third kappa shape index (κ3) is 3.49. The molecule has 0 bridgehead atoms. The largest absolute Gasteiger partial charge is 0.336 e. The number of aryl methyl sites for hydroxylation is 1. The minimum absolute atomic E-state index is 0.108. The van der Waals surface area contributed by atoms with Crippen molar-refractivity contribution in [2.45, 2.75) is 18.4 Å². The van der Waals surface area contributed by atoms with E-state index in [1.165, 1.54) is 22.5 Å². The molecule has 4 rings (SSSR count). The van der Waals surface area contributed by atoms with Gasteiger partial charge in [-0.1, -0.05) is 17.3 Å². The normalized spacial score (nSPS) is 15.7. The van der Waals surface area contributed by atoms with Crippen molar-refractivity contribution in [2.75, 3.05) is 26.2 Å². The predicted molar refractivity (Wildman–Crippen MR) is 104 cm³/mol. The maximum atomic E-state index is 13.9. The summed E-state index contributed by atoms with van der Waals surface area (Å²) in [6.45, 7) is 3.32. The highest BCUT2D eigenvalue weighted by Gasteiger charge is 2.32. The SMILES string of the molecule is CCn1nnc2cc(C(=O)N3CCN(S(=O)(=O)c4ccccc4F)CC3)ccc21. The van der Waals surface area contributed by atoms with Crippen molar-refractivity contribution in [1.82, 2.24) is 24.2 Å². The van der Waals surface area contributed by atoms with Gasteiger partial charge in [0.2, 0.25) is 10.0 Å². The molecule has 1 fully saturated rings. The van der Waals surface area contributed by atoms with Crippen LogP contribution in [-0.4, -0.2) is 64.7 Å². The van der Waals surface area contributed by atoms with Gasteiger partial charge >= 0.3 is 0 Å². The molecule has 1 aromatic heterocycles. The fourth-order valence-corrected chi connectivity index (χ4v) is 4.93. The Kier molecular flexibility index (Phi) is 5.05. The lowest BCUT2D eigenvalue weighted by Gasteiger charge is -2.34. The van der Waals surface area contributed by atoms with Crippen LogP contribution in [0.25, 0.3) is 11.0 Å². The summed E-state index contributed by atoms with van der Waals surface area (Å²) in [6.07, 6.45) is 0. The molecule has 152 valence electrons. The van der Waals surface area contributed by atoms with Gasteiger partial charge in [0.05, 0.1) is 5.52 Å². The first-order valence-corrected chi connectivity index (χ1v) is 10.7. The van der Waals surface area contributed by atoms with Gasteiger partial charge in [-0.05, 0) is 37.3 Å². The number of carbonyl (C=O) groups excluding carboxylic acids is 1. The van der Waals surface area contributed by atoms with Crippen LogP contribution in [0.5, 0.6) is 0 Å². The number of piperazine rings is 1. The minimum atomic E-state index is -3.94. The van der Waals surface area contributed by atoms with Crippen molar-refractivity contribution in [3.8, 4) is 0 Å². The Morgan fingerprint density at radius 3 is 2.52 bits per heavy atom. The second-order valence-electron chi connectivity index (χ2n) is 6.74. The van der Waals surface area contributed by atoms with Crippen LogP contribution >= 0.6 is 0 Å². The molecule has 0 atom stereocenters. The number of nitrogens with zero attached hydrogens (tertiary/aromatic N) is 5. The van der Waals surface area contributed by atoms with E-state index in [4.69, 9.17) is 0 Å². The van der Waals surface area contributed by atoms with Crippen molar-refractivity contribution in [3.05, 3.63) is 53.8 Å². The molecule has 0 radical (unpaired) electrons. The summed E-state index contributed by atoms with van der Waals surface area (Å²) in [6, 6.07) is 10.5. The lowest BCUT2D eigenvalue weighted by atomic mass is 10.1. The van der Waals surface area contributed by atoms with Crippen molar-refractivity contribution >= 4 is 27.0 Å². The molecular formula is C19H20FN5O3S. The third-order valence-electron chi connectivity index (χ3n) is 5.04. The van der Waals surface area contributed by atoms with Crippen LogP contribution in [0.1, 0.15) is 17.3 Å². The molecule has 1 aliphatic heterocycles. The molecule has 0 spiro atoms. The highest BCUT2D eigenvalue weighted by atomic mass is 32.2. The van der Waals surface area contributed by atoms with Crippen LogP contribution in [0.15, 0.2) is 47.4 Å². The van der Waals surface area contributed by atoms with Crippen molar-refractivity contribution < 1.29 is 17.6 Å². The summed E-state index contributed by atoms with van der Waals surface area (Å²) in [5, 5.41) is 8.12. The number of halogens is 1. The van der Waals surface area contributed by atoms with Gasteiger partial charge in [-0.2, -0.15) is 4.31 Å². The van der Waals surface area contributed by atoms with Gasteiger partial charge in [-0.15, -0.1) is 5.10 Å². The molecule has 0 N–H and O–H groups in total. The van der Waals surface area contributed by atoms with E-state index in [-0.39, 0.29) is 37.0 Å². The first-order valence-electron chi connectivity index (χ1n) is 9.29. The monoisotopic (exact) mass is 417 g/mol. The summed E-state index contributed by atoms with van der Waals surface area (Å²) in [4.78, 5) is 14.1. The topological polar surface area (TPSA) is 88.4 Å². The van der Waals surface area contributed by atoms with E-state index in [9.17, 15) is 17.6 Å². The summed E-state index contributed by atoms with van der Waals surface area (Å²) in [7, 11) is -3.94. The molecule has 3 aromatic rings. The predicted octanol–water partition coefficient (Wildman–Crippen LogP) is 1.74. The van der Waals surface area contributed by atoms with Crippen molar-refractivity contribution in [2.24, 2.45) is 0 Å². The third-order valence-corrected chi connectivity index (χ3v) is 6.97. The summed E-state index contributed by atoms with van der Waals surface area (Å²) in [5.41, 5.74) is 1.97. The van der Waals surface area contributed by atoms with Crippen LogP contribution in [0.3, 0.4) is 0 Å². The average Bonchev–Trinajstić information content (AvgIpc) is 3.16. The molecule has 29 heavy (non-hydrogen) atoms. The lowest BCUT2D eigenvalue weighted by Crippen LogP contribution is -2.50. The van der Waals surface area contributed by atoms with Crippen LogP contribution in [-0.2, 0) is 16.6 Å². The van der Waals surface area contributed by atoms with Gasteiger partial charge in [-0.25, -0.2) is 17.5 Å². The van der Waals surface area contributed by atoms with E-state index in [1.54, 1.807) is 21.7 Å². The molecular weight excluding hydrogens is 397 g/mol. The molecule has 1 amide bonds. The second kappa shape index (κ2) is 7.53. The quantitative estimate of drug-likeness (QED) is 0.645. The van der Waals surface area contributed by atoms with Crippen molar-refractivity contribution in [1.29, 1.82) is 0 Å². The number of amides is 1. The molecule has 10 heteroatoms. The molecule has 0 unspecified atom stereocenters. The number of sulfonamides is 1. The van der Waals surface area contributed by atoms with E-state index >= 15 is 0 Å². The van der Waals surface area contributed by atoms with Crippen LogP contribution < -0.4 is 0 Å². The first-order chi connectivity index (χ1) is 13.9. The molecule has 2 aromatic carbocycles. The standard InChI is InChI=1S/C19H20FN5O3S/c1-2-25-17-8-7-14(13-16(17)21-22-25)19(26)23-9-11-24(12-10-23)29(27,28)18-6-4-3-5-15(18)20/h3-8,13H,2,9-12H2,1H3. The van der Waals surface area contributed by atoms with E-state index in [2.05, 4.69) is 10.3 Å². The molecule has 1 aliphatic rings. The van der Waals surface area contributed by atoms with Gasteiger partial charge in [0, 0.05) is 38.3 Å². The Bertz CT molecular complexity index is 1170. The Morgan fingerprint density at radius 2 is 1.83 bits per heavy atom. The summed E-state index contributed by atoms with van der Waals surface area (Å²) >= 11 is 0. The van der Waals surface area contributed by atoms with Gasteiger partial charge in [-0.3, -0.25) is 4.79 Å². The second-order valence-corrected chi connectivity index (χ2v) is 8.64. The number of rotatable bonds is 4. The van der Waals surface area contributed by atoms with Gasteiger partial charge in [0.25, 0.3) is 5.91 Å². The van der Waals surface area contributed by atoms with Crippen LogP contribution in [0, 0.1) is 5.82 Å². The Hall–Kier alpha value is -2.85. The van der Waals surface area contributed by atoms with Gasteiger partial charge in [0.15, 0.2) is 0 Å². The van der Waals surface area contributed by atoms with Gasteiger partial charge < -0.3 is 4.90 Å². The smallest absolute Gasteiger partial charge is 0.254 e. The number of fused-ring (bicyclic) bond motifs is 1. The highest BCUT2D eigenvalue weighted by Crippen LogP contribution is 2.21. The fraction of sp³-hybridized carbons (Fsp3) is 0.316. The number of benzene rings is 2. The summed E-state index contributed by atoms with van der Waals surface area (Å²) in [5.74, 6) is -0.972. The highest BCUT2D eigenvalue weighted by molar-refractivity contribution is 7.89. The minimum Gasteiger partial charge on any atom is -0.336 e.